The first-order valence-electron chi connectivity index (χ1n) is 8.57. The molecular formula is C17H36N2. The molecule has 1 rings (SSSR count). The maximum atomic E-state index is 3.75. The number of hydrogen-bond acceptors (Lipinski definition) is 2. The molecule has 1 aliphatic carbocycles. The summed E-state index contributed by atoms with van der Waals surface area (Å²) >= 11 is 0. The molecule has 2 nitrogen and oxygen atoms in total. The van der Waals surface area contributed by atoms with Gasteiger partial charge in [-0.1, -0.05) is 40.5 Å². The summed E-state index contributed by atoms with van der Waals surface area (Å²) < 4.78 is 0. The molecule has 2 heteroatoms. The summed E-state index contributed by atoms with van der Waals surface area (Å²) in [5.74, 6) is 0.774. The van der Waals surface area contributed by atoms with Crippen LogP contribution in [0.5, 0.6) is 0 Å². The molecule has 0 radical (unpaired) electrons. The monoisotopic (exact) mass is 268 g/mol. The molecule has 19 heavy (non-hydrogen) atoms. The van der Waals surface area contributed by atoms with Crippen LogP contribution < -0.4 is 5.32 Å². The predicted molar refractivity (Wildman–Crippen MR) is 85.6 cm³/mol. The minimum absolute atomic E-state index is 0.672. The van der Waals surface area contributed by atoms with E-state index in [4.69, 9.17) is 0 Å². The fraction of sp³-hybridized carbons (Fsp3) is 1.00. The van der Waals surface area contributed by atoms with Crippen LogP contribution in [0.25, 0.3) is 0 Å². The van der Waals surface area contributed by atoms with Crippen molar-refractivity contribution < 1.29 is 0 Å². The molecule has 0 spiro atoms. The molecule has 0 aromatic heterocycles. The van der Waals surface area contributed by atoms with Crippen LogP contribution in [0.2, 0.25) is 0 Å². The van der Waals surface area contributed by atoms with Crippen LogP contribution >= 0.6 is 0 Å². The van der Waals surface area contributed by atoms with Crippen molar-refractivity contribution in [1.29, 1.82) is 0 Å². The molecule has 0 aliphatic heterocycles. The normalized spacial score (nSPS) is 18.9. The zero-order chi connectivity index (χ0) is 14.3. The summed E-state index contributed by atoms with van der Waals surface area (Å²) in [4.78, 5) is 2.78. The maximum absolute atomic E-state index is 3.75. The quantitative estimate of drug-likeness (QED) is 0.678. The first-order valence-corrected chi connectivity index (χ1v) is 8.57. The van der Waals surface area contributed by atoms with E-state index in [9.17, 15) is 0 Å². The fourth-order valence-corrected chi connectivity index (χ4v) is 3.38. The lowest BCUT2D eigenvalue weighted by Crippen LogP contribution is -2.48. The van der Waals surface area contributed by atoms with E-state index in [2.05, 4.69) is 44.8 Å². The van der Waals surface area contributed by atoms with Crippen molar-refractivity contribution in [3.63, 3.8) is 0 Å². The molecule has 1 unspecified atom stereocenters. The largest absolute Gasteiger partial charge is 0.312 e. The van der Waals surface area contributed by atoms with Gasteiger partial charge in [-0.25, -0.2) is 0 Å². The van der Waals surface area contributed by atoms with Crippen molar-refractivity contribution in [3.8, 4) is 0 Å². The summed E-state index contributed by atoms with van der Waals surface area (Å²) in [6.45, 7) is 14.1. The Balaban J connectivity index is 2.48. The Morgan fingerprint density at radius 3 is 2.11 bits per heavy atom. The SMILES string of the molecule is CCC(CC)NCC(C)N(CC(C)C)C1CCCC1. The highest BCUT2D eigenvalue weighted by Gasteiger charge is 2.26. The fourth-order valence-electron chi connectivity index (χ4n) is 3.38. The Morgan fingerprint density at radius 1 is 1.05 bits per heavy atom. The smallest absolute Gasteiger partial charge is 0.0195 e. The lowest BCUT2D eigenvalue weighted by atomic mass is 10.1. The second kappa shape index (κ2) is 8.97. The number of nitrogens with one attached hydrogen (secondary N) is 1. The number of rotatable bonds is 9. The average Bonchev–Trinajstić information content (AvgIpc) is 2.90. The topological polar surface area (TPSA) is 15.3 Å². The Kier molecular flexibility index (Phi) is 8.01. The zero-order valence-electron chi connectivity index (χ0n) is 13.9. The third-order valence-electron chi connectivity index (χ3n) is 4.62. The van der Waals surface area contributed by atoms with E-state index in [1.807, 2.05) is 0 Å². The molecule has 0 saturated heterocycles. The van der Waals surface area contributed by atoms with Crippen molar-refractivity contribution in [3.05, 3.63) is 0 Å². The first kappa shape index (κ1) is 17.0. The van der Waals surface area contributed by atoms with E-state index in [0.717, 1.165) is 18.5 Å². The van der Waals surface area contributed by atoms with Gasteiger partial charge in [-0.3, -0.25) is 4.90 Å². The van der Waals surface area contributed by atoms with Crippen molar-refractivity contribution in [2.24, 2.45) is 5.92 Å². The summed E-state index contributed by atoms with van der Waals surface area (Å²) in [5, 5.41) is 3.75. The molecule has 1 aliphatic rings. The highest BCUT2D eigenvalue weighted by atomic mass is 15.2. The van der Waals surface area contributed by atoms with Crippen LogP contribution in [0, 0.1) is 5.92 Å². The summed E-state index contributed by atoms with van der Waals surface area (Å²) in [7, 11) is 0. The third-order valence-corrected chi connectivity index (χ3v) is 4.62. The standard InChI is InChI=1S/C17H36N2/c1-6-16(7-2)18-12-15(5)19(13-14(3)4)17-10-8-9-11-17/h14-18H,6-13H2,1-5H3. The van der Waals surface area contributed by atoms with Crippen molar-refractivity contribution in [2.75, 3.05) is 13.1 Å². The lowest BCUT2D eigenvalue weighted by Gasteiger charge is -2.36. The van der Waals surface area contributed by atoms with E-state index in [-0.39, 0.29) is 0 Å². The van der Waals surface area contributed by atoms with Gasteiger partial charge in [0.15, 0.2) is 0 Å². The van der Waals surface area contributed by atoms with Crippen LogP contribution in [-0.4, -0.2) is 36.1 Å². The summed E-state index contributed by atoms with van der Waals surface area (Å²) in [6.07, 6.45) is 8.20. The van der Waals surface area contributed by atoms with Gasteiger partial charge in [-0.15, -0.1) is 0 Å². The molecular weight excluding hydrogens is 232 g/mol. The van der Waals surface area contributed by atoms with Gasteiger partial charge >= 0.3 is 0 Å². The molecule has 0 aromatic rings. The first-order chi connectivity index (χ1) is 9.08. The minimum atomic E-state index is 0.672. The van der Waals surface area contributed by atoms with Crippen LogP contribution in [0.4, 0.5) is 0 Å². The van der Waals surface area contributed by atoms with Crippen molar-refractivity contribution >= 4 is 0 Å². The van der Waals surface area contributed by atoms with Crippen LogP contribution in [0.3, 0.4) is 0 Å². The van der Waals surface area contributed by atoms with Gasteiger partial charge in [0, 0.05) is 31.2 Å². The molecule has 0 heterocycles. The third kappa shape index (κ3) is 5.83. The highest BCUT2D eigenvalue weighted by Crippen LogP contribution is 2.25. The summed E-state index contributed by atoms with van der Waals surface area (Å²) in [5.41, 5.74) is 0. The second-order valence-corrected chi connectivity index (χ2v) is 6.80. The highest BCUT2D eigenvalue weighted by molar-refractivity contribution is 4.83. The molecule has 114 valence electrons. The molecule has 1 saturated carbocycles. The lowest BCUT2D eigenvalue weighted by molar-refractivity contribution is 0.123. The molecule has 1 fully saturated rings. The minimum Gasteiger partial charge on any atom is -0.312 e. The van der Waals surface area contributed by atoms with Gasteiger partial charge in [0.25, 0.3) is 0 Å². The van der Waals surface area contributed by atoms with Gasteiger partial charge in [0.1, 0.15) is 0 Å². The second-order valence-electron chi connectivity index (χ2n) is 6.80. The van der Waals surface area contributed by atoms with E-state index < -0.39 is 0 Å². The Hall–Kier alpha value is -0.0800. The molecule has 0 amide bonds. The molecule has 1 atom stereocenters. The van der Waals surface area contributed by atoms with Gasteiger partial charge in [0.2, 0.25) is 0 Å². The molecule has 0 aromatic carbocycles. The van der Waals surface area contributed by atoms with E-state index in [1.165, 1.54) is 45.1 Å². The van der Waals surface area contributed by atoms with E-state index in [1.54, 1.807) is 0 Å². The van der Waals surface area contributed by atoms with E-state index >= 15 is 0 Å². The van der Waals surface area contributed by atoms with Gasteiger partial charge in [-0.2, -0.15) is 0 Å². The molecule has 0 bridgehead atoms. The Labute approximate surface area is 121 Å². The Morgan fingerprint density at radius 2 is 1.63 bits per heavy atom. The van der Waals surface area contributed by atoms with E-state index in [0.29, 0.717) is 12.1 Å². The average molecular weight is 268 g/mol. The van der Waals surface area contributed by atoms with Gasteiger partial charge in [-0.05, 0) is 38.5 Å². The van der Waals surface area contributed by atoms with Gasteiger partial charge < -0.3 is 5.32 Å². The Bertz CT molecular complexity index is 217. The summed E-state index contributed by atoms with van der Waals surface area (Å²) in [6, 6.07) is 2.22. The molecule has 1 N–H and O–H groups in total. The van der Waals surface area contributed by atoms with Crippen molar-refractivity contribution in [1.82, 2.24) is 10.2 Å². The van der Waals surface area contributed by atoms with Crippen LogP contribution in [-0.2, 0) is 0 Å². The van der Waals surface area contributed by atoms with Crippen molar-refractivity contribution in [2.45, 2.75) is 91.3 Å². The maximum Gasteiger partial charge on any atom is 0.0195 e. The van der Waals surface area contributed by atoms with Crippen LogP contribution in [0.1, 0.15) is 73.1 Å². The predicted octanol–water partition coefficient (Wildman–Crippen LogP) is 4.05. The number of hydrogen-bond donors (Lipinski definition) is 1. The van der Waals surface area contributed by atoms with Crippen LogP contribution in [0.15, 0.2) is 0 Å². The number of nitrogens with zero attached hydrogens (tertiary/aromatic N) is 1. The van der Waals surface area contributed by atoms with Gasteiger partial charge in [0.05, 0.1) is 0 Å². The zero-order valence-corrected chi connectivity index (χ0v) is 13.9.